The van der Waals surface area contributed by atoms with E-state index in [0.29, 0.717) is 29.2 Å². The molecule has 3 aliphatic rings. The third-order valence-corrected chi connectivity index (χ3v) is 3.84. The van der Waals surface area contributed by atoms with E-state index in [4.69, 9.17) is 5.11 Å². The third kappa shape index (κ3) is 0.808. The van der Waals surface area contributed by atoms with Gasteiger partial charge in [0.2, 0.25) is 0 Å². The molecule has 0 spiro atoms. The van der Waals surface area contributed by atoms with Crippen LogP contribution in [0.25, 0.3) is 0 Å². The summed E-state index contributed by atoms with van der Waals surface area (Å²) < 4.78 is 0. The average Bonchev–Trinajstić information content (AvgIpc) is 2.75. The molecule has 1 saturated carbocycles. The molecule has 2 bridgehead atoms. The van der Waals surface area contributed by atoms with Crippen LogP contribution in [0.3, 0.4) is 0 Å². The second kappa shape index (κ2) is 2.25. The number of hydrogen-bond donors (Lipinski definition) is 1. The predicted octanol–water partition coefficient (Wildman–Crippen LogP) is 1.84. The lowest BCUT2D eigenvalue weighted by Crippen LogP contribution is -2.20. The molecule has 4 atom stereocenters. The fourth-order valence-electron chi connectivity index (χ4n) is 3.33. The van der Waals surface area contributed by atoms with Crippen molar-refractivity contribution >= 4 is 5.97 Å². The second-order valence-electron chi connectivity index (χ2n) is 4.34. The zero-order chi connectivity index (χ0) is 9.00. The summed E-state index contributed by atoms with van der Waals surface area (Å²) in [5.74, 6) is 1.45. The van der Waals surface area contributed by atoms with Gasteiger partial charge in [0.15, 0.2) is 0 Å². The molecule has 0 aliphatic heterocycles. The molecule has 1 N–H and O–H groups in total. The first-order chi connectivity index (χ1) is 6.27. The third-order valence-electron chi connectivity index (χ3n) is 3.84. The van der Waals surface area contributed by atoms with Gasteiger partial charge in [0.1, 0.15) is 0 Å². The Labute approximate surface area is 76.9 Å². The van der Waals surface area contributed by atoms with Gasteiger partial charge in [-0.05, 0) is 36.5 Å². The molecule has 3 aliphatic carbocycles. The van der Waals surface area contributed by atoms with Gasteiger partial charge in [-0.3, -0.25) is 0 Å². The van der Waals surface area contributed by atoms with Crippen LogP contribution in [-0.2, 0) is 4.79 Å². The minimum atomic E-state index is -0.696. The molecule has 0 saturated heterocycles. The van der Waals surface area contributed by atoms with E-state index >= 15 is 0 Å². The molecule has 1 fully saturated rings. The summed E-state index contributed by atoms with van der Waals surface area (Å²) >= 11 is 0. The van der Waals surface area contributed by atoms with Crippen molar-refractivity contribution < 1.29 is 9.90 Å². The molecule has 2 nitrogen and oxygen atoms in total. The van der Waals surface area contributed by atoms with Crippen molar-refractivity contribution in [2.75, 3.05) is 0 Å². The number of carboxylic acid groups (broad SMARTS) is 1. The van der Waals surface area contributed by atoms with E-state index in [9.17, 15) is 4.79 Å². The SMILES string of the molecule is O=C(O)C1=CC2CC1C1CC=CC21. The smallest absolute Gasteiger partial charge is 0.331 e. The number of aliphatic carboxylic acids is 1. The van der Waals surface area contributed by atoms with Gasteiger partial charge >= 0.3 is 5.97 Å². The van der Waals surface area contributed by atoms with E-state index in [1.54, 1.807) is 0 Å². The van der Waals surface area contributed by atoms with Crippen molar-refractivity contribution in [3.05, 3.63) is 23.8 Å². The molecule has 3 rings (SSSR count). The van der Waals surface area contributed by atoms with Crippen molar-refractivity contribution in [1.82, 2.24) is 0 Å². The van der Waals surface area contributed by atoms with Crippen molar-refractivity contribution in [2.24, 2.45) is 23.7 Å². The van der Waals surface area contributed by atoms with Crippen LogP contribution in [0.5, 0.6) is 0 Å². The Morgan fingerprint density at radius 2 is 2.38 bits per heavy atom. The summed E-state index contributed by atoms with van der Waals surface area (Å²) in [5, 5.41) is 8.97. The summed E-state index contributed by atoms with van der Waals surface area (Å²) in [6, 6.07) is 0. The summed E-state index contributed by atoms with van der Waals surface area (Å²) in [6.07, 6.45) is 8.67. The van der Waals surface area contributed by atoms with Gasteiger partial charge in [-0.1, -0.05) is 18.2 Å². The van der Waals surface area contributed by atoms with E-state index in [1.165, 1.54) is 0 Å². The lowest BCUT2D eigenvalue weighted by atomic mass is 9.81. The van der Waals surface area contributed by atoms with Gasteiger partial charge in [0, 0.05) is 5.57 Å². The van der Waals surface area contributed by atoms with Crippen LogP contribution in [0.4, 0.5) is 0 Å². The lowest BCUT2D eigenvalue weighted by molar-refractivity contribution is -0.133. The molecular formula is C11H12O2. The fourth-order valence-corrected chi connectivity index (χ4v) is 3.33. The average molecular weight is 176 g/mol. The first-order valence-corrected chi connectivity index (χ1v) is 4.89. The first kappa shape index (κ1) is 7.36. The molecule has 13 heavy (non-hydrogen) atoms. The Morgan fingerprint density at radius 1 is 1.54 bits per heavy atom. The number of hydrogen-bond acceptors (Lipinski definition) is 1. The van der Waals surface area contributed by atoms with Crippen LogP contribution in [0, 0.1) is 23.7 Å². The summed E-state index contributed by atoms with van der Waals surface area (Å²) in [4.78, 5) is 10.9. The molecular weight excluding hydrogens is 164 g/mol. The Hall–Kier alpha value is -1.05. The van der Waals surface area contributed by atoms with Crippen LogP contribution in [0.15, 0.2) is 23.8 Å². The highest BCUT2D eigenvalue weighted by atomic mass is 16.4. The highest BCUT2D eigenvalue weighted by molar-refractivity contribution is 5.88. The number of carbonyl (C=O) groups is 1. The lowest BCUT2D eigenvalue weighted by Gasteiger charge is -2.22. The van der Waals surface area contributed by atoms with Crippen LogP contribution in [0.1, 0.15) is 12.8 Å². The standard InChI is InChI=1S/C11H12O2/c12-11(13)10-5-6-4-9(10)8-3-1-2-7(6)8/h1-2,5-9H,3-4H2,(H,12,13). The second-order valence-corrected chi connectivity index (χ2v) is 4.34. The number of fused-ring (bicyclic) bond motifs is 5. The molecule has 0 radical (unpaired) electrons. The minimum Gasteiger partial charge on any atom is -0.478 e. The zero-order valence-corrected chi connectivity index (χ0v) is 7.31. The Morgan fingerprint density at radius 3 is 3.15 bits per heavy atom. The maximum absolute atomic E-state index is 10.9. The summed E-state index contributed by atoms with van der Waals surface area (Å²) in [6.45, 7) is 0. The van der Waals surface area contributed by atoms with Crippen LogP contribution < -0.4 is 0 Å². The van der Waals surface area contributed by atoms with Crippen LogP contribution in [-0.4, -0.2) is 11.1 Å². The van der Waals surface area contributed by atoms with E-state index in [-0.39, 0.29) is 0 Å². The van der Waals surface area contributed by atoms with Gasteiger partial charge in [0.25, 0.3) is 0 Å². The molecule has 0 aromatic heterocycles. The van der Waals surface area contributed by atoms with Crippen molar-refractivity contribution in [3.8, 4) is 0 Å². The highest BCUT2D eigenvalue weighted by Gasteiger charge is 2.49. The monoisotopic (exact) mass is 176 g/mol. The fraction of sp³-hybridized carbons (Fsp3) is 0.545. The molecule has 68 valence electrons. The topological polar surface area (TPSA) is 37.3 Å². The molecule has 4 unspecified atom stereocenters. The summed E-state index contributed by atoms with van der Waals surface area (Å²) in [7, 11) is 0. The Kier molecular flexibility index (Phi) is 1.27. The quantitative estimate of drug-likeness (QED) is 0.619. The highest BCUT2D eigenvalue weighted by Crippen LogP contribution is 2.55. The molecule has 0 heterocycles. The zero-order valence-electron chi connectivity index (χ0n) is 7.31. The van der Waals surface area contributed by atoms with Gasteiger partial charge < -0.3 is 5.11 Å². The van der Waals surface area contributed by atoms with E-state index in [2.05, 4.69) is 12.2 Å². The molecule has 0 amide bonds. The van der Waals surface area contributed by atoms with Crippen LogP contribution in [0.2, 0.25) is 0 Å². The van der Waals surface area contributed by atoms with E-state index < -0.39 is 5.97 Å². The van der Waals surface area contributed by atoms with Gasteiger partial charge in [-0.15, -0.1) is 0 Å². The largest absolute Gasteiger partial charge is 0.478 e. The molecule has 0 aromatic rings. The van der Waals surface area contributed by atoms with Crippen molar-refractivity contribution in [1.29, 1.82) is 0 Å². The van der Waals surface area contributed by atoms with Gasteiger partial charge in [0.05, 0.1) is 0 Å². The normalized spacial score (nSPS) is 45.1. The maximum Gasteiger partial charge on any atom is 0.331 e. The van der Waals surface area contributed by atoms with Crippen molar-refractivity contribution in [3.63, 3.8) is 0 Å². The number of rotatable bonds is 1. The maximum atomic E-state index is 10.9. The van der Waals surface area contributed by atoms with Crippen LogP contribution >= 0.6 is 0 Å². The molecule has 2 heteroatoms. The number of allylic oxidation sites excluding steroid dienone is 3. The van der Waals surface area contributed by atoms with E-state index in [1.807, 2.05) is 6.08 Å². The van der Waals surface area contributed by atoms with Gasteiger partial charge in [-0.2, -0.15) is 0 Å². The predicted molar refractivity (Wildman–Crippen MR) is 48.1 cm³/mol. The summed E-state index contributed by atoms with van der Waals surface area (Å²) in [5.41, 5.74) is 0.690. The van der Waals surface area contributed by atoms with Crippen molar-refractivity contribution in [2.45, 2.75) is 12.8 Å². The first-order valence-electron chi connectivity index (χ1n) is 4.89. The van der Waals surface area contributed by atoms with Gasteiger partial charge in [-0.25, -0.2) is 4.79 Å². The Bertz CT molecular complexity index is 327. The minimum absolute atomic E-state index is 0.350. The van der Waals surface area contributed by atoms with E-state index in [0.717, 1.165) is 12.8 Å². The number of carboxylic acids is 1. The molecule has 0 aromatic carbocycles. The Balaban J connectivity index is 1.97.